The highest BCUT2D eigenvalue weighted by atomic mass is 31.2. The lowest BCUT2D eigenvalue weighted by molar-refractivity contribution is -0.147. The Bertz CT molecular complexity index is 965. The first kappa shape index (κ1) is 48.0. The van der Waals surface area contributed by atoms with Crippen LogP contribution in [0.2, 0.25) is 0 Å². The number of hydrogen-bond donors (Lipinski definition) is 3. The lowest BCUT2D eigenvalue weighted by Crippen LogP contribution is -2.27. The normalized spacial score (nSPS) is 13.9. The highest BCUT2D eigenvalue weighted by Crippen LogP contribution is 2.42. The van der Waals surface area contributed by atoms with E-state index in [0.717, 1.165) is 57.8 Å². The number of aliphatic hydroxyl groups is 1. The molecule has 2 unspecified atom stereocenters. The number of nitrogens with one attached hydrogen (secondary N) is 1. The zero-order valence-corrected chi connectivity index (χ0v) is 32.5. The van der Waals surface area contributed by atoms with Crippen molar-refractivity contribution in [2.24, 2.45) is 0 Å². The van der Waals surface area contributed by atoms with E-state index in [9.17, 15) is 24.2 Å². The predicted molar refractivity (Wildman–Crippen MR) is 206 cm³/mol. The number of rotatable bonds is 36. The molecule has 0 aromatic rings. The van der Waals surface area contributed by atoms with E-state index >= 15 is 0 Å². The summed E-state index contributed by atoms with van der Waals surface area (Å²) in [5.74, 6) is -0.560. The minimum absolute atomic E-state index is 0.0772. The van der Waals surface area contributed by atoms with Crippen LogP contribution in [0.25, 0.3) is 0 Å². The molecule has 0 heterocycles. The van der Waals surface area contributed by atoms with Crippen LogP contribution in [0.15, 0.2) is 48.6 Å². The smallest absolute Gasteiger partial charge is 0.463 e. The fraction of sp³-hybridized carbons (Fsp3) is 0.750. The van der Waals surface area contributed by atoms with Gasteiger partial charge in [-0.1, -0.05) is 146 Å². The fourth-order valence-electron chi connectivity index (χ4n) is 5.08. The number of esters is 1. The summed E-state index contributed by atoms with van der Waals surface area (Å²) >= 11 is 0. The molecule has 0 saturated heterocycles. The number of allylic oxidation sites excluding steroid dienone is 8. The second kappa shape index (κ2) is 36.8. The van der Waals surface area contributed by atoms with Crippen molar-refractivity contribution in [3.63, 3.8) is 0 Å². The molecule has 0 aliphatic rings. The molecular formula is C40H72NO8P. The minimum atomic E-state index is -4.42. The summed E-state index contributed by atoms with van der Waals surface area (Å²) in [5, 5.41) is 12.6. The molecule has 0 aromatic carbocycles. The average Bonchev–Trinajstić information content (AvgIpc) is 3.10. The first-order valence-electron chi connectivity index (χ1n) is 19.6. The van der Waals surface area contributed by atoms with Gasteiger partial charge in [-0.05, 0) is 51.4 Å². The van der Waals surface area contributed by atoms with Crippen molar-refractivity contribution in [3.05, 3.63) is 48.6 Å². The molecule has 1 amide bonds. The third-order valence-electron chi connectivity index (χ3n) is 8.02. The van der Waals surface area contributed by atoms with Crippen LogP contribution in [-0.4, -0.2) is 54.3 Å². The van der Waals surface area contributed by atoms with Crippen molar-refractivity contribution >= 4 is 19.7 Å². The molecule has 0 aromatic heterocycles. The number of carbonyl (C=O) groups excluding carboxylic acids is 2. The van der Waals surface area contributed by atoms with Crippen LogP contribution in [0.3, 0.4) is 0 Å². The van der Waals surface area contributed by atoms with Crippen molar-refractivity contribution in [2.45, 2.75) is 168 Å². The largest absolute Gasteiger partial charge is 0.472 e. The standard InChI is InChI=1S/C40H72NO8P/c1-3-5-7-9-11-13-15-17-19-21-23-25-27-29-31-33-40(44)47-36-38(42)37-49-50(45,46)48-35-34-41-39(43)32-30-28-26-24-22-20-18-16-14-12-10-8-6-4-2/h5,7,11,13,17,19,23,25,38,42H,3-4,6,8-10,12,14-16,18,20-22,24,26-37H2,1-2H3,(H,41,43)(H,45,46)/b7-5-,13-11-,19-17-,25-23-. The van der Waals surface area contributed by atoms with Crippen LogP contribution < -0.4 is 5.32 Å². The molecule has 2 atom stereocenters. The summed E-state index contributed by atoms with van der Waals surface area (Å²) < 4.78 is 26.7. The van der Waals surface area contributed by atoms with Crippen molar-refractivity contribution in [3.8, 4) is 0 Å². The molecule has 0 rings (SSSR count). The van der Waals surface area contributed by atoms with E-state index < -0.39 is 26.5 Å². The minimum Gasteiger partial charge on any atom is -0.463 e. The summed E-state index contributed by atoms with van der Waals surface area (Å²) in [6, 6.07) is 0. The van der Waals surface area contributed by atoms with Crippen LogP contribution in [0, 0.1) is 0 Å². The summed E-state index contributed by atoms with van der Waals surface area (Å²) in [7, 11) is -4.42. The molecule has 3 N–H and O–H groups in total. The Morgan fingerprint density at radius 2 is 1.14 bits per heavy atom. The molecule has 0 fully saturated rings. The number of ether oxygens (including phenoxy) is 1. The Morgan fingerprint density at radius 3 is 1.70 bits per heavy atom. The van der Waals surface area contributed by atoms with Crippen molar-refractivity contribution < 1.29 is 37.9 Å². The SMILES string of the molecule is CC/C=C\C/C=C\C/C=C\C/C=C\CCCCC(=O)OCC(O)COP(=O)(O)OCCNC(=O)CCCCCCCCCCCCCCCC. The molecule has 0 aliphatic heterocycles. The van der Waals surface area contributed by atoms with E-state index in [-0.39, 0.29) is 32.1 Å². The molecule has 9 nitrogen and oxygen atoms in total. The number of carbonyl (C=O) groups is 2. The van der Waals surface area contributed by atoms with Crippen LogP contribution >= 0.6 is 7.82 Å². The molecular weight excluding hydrogens is 653 g/mol. The Kier molecular flexibility index (Phi) is 35.3. The molecule has 0 aliphatic carbocycles. The van der Waals surface area contributed by atoms with Gasteiger partial charge in [-0.3, -0.25) is 18.6 Å². The zero-order chi connectivity index (χ0) is 36.8. The van der Waals surface area contributed by atoms with Gasteiger partial charge < -0.3 is 20.1 Å². The van der Waals surface area contributed by atoms with Gasteiger partial charge in [0.15, 0.2) is 0 Å². The Labute approximate surface area is 305 Å². The number of aliphatic hydroxyl groups excluding tert-OH is 1. The van der Waals surface area contributed by atoms with E-state index in [4.69, 9.17) is 13.8 Å². The van der Waals surface area contributed by atoms with E-state index in [0.29, 0.717) is 12.8 Å². The van der Waals surface area contributed by atoms with Gasteiger partial charge >= 0.3 is 13.8 Å². The number of phosphoric ester groups is 1. The number of hydrogen-bond acceptors (Lipinski definition) is 7. The third kappa shape index (κ3) is 37.2. The monoisotopic (exact) mass is 725 g/mol. The van der Waals surface area contributed by atoms with Gasteiger partial charge in [0.05, 0.1) is 13.2 Å². The highest BCUT2D eigenvalue weighted by molar-refractivity contribution is 7.47. The lowest BCUT2D eigenvalue weighted by atomic mass is 10.0. The topological polar surface area (TPSA) is 131 Å². The van der Waals surface area contributed by atoms with Gasteiger partial charge in [-0.2, -0.15) is 0 Å². The maximum Gasteiger partial charge on any atom is 0.472 e. The molecule has 10 heteroatoms. The highest BCUT2D eigenvalue weighted by Gasteiger charge is 2.23. The zero-order valence-electron chi connectivity index (χ0n) is 31.6. The van der Waals surface area contributed by atoms with Crippen molar-refractivity contribution in [1.82, 2.24) is 5.32 Å². The molecule has 50 heavy (non-hydrogen) atoms. The second-order valence-electron chi connectivity index (χ2n) is 12.9. The van der Waals surface area contributed by atoms with Crippen LogP contribution in [0.1, 0.15) is 162 Å². The number of amides is 1. The van der Waals surface area contributed by atoms with Crippen LogP contribution in [0.4, 0.5) is 0 Å². The number of phosphoric acid groups is 1. The first-order valence-corrected chi connectivity index (χ1v) is 21.1. The fourth-order valence-corrected chi connectivity index (χ4v) is 5.83. The molecule has 0 radical (unpaired) electrons. The van der Waals surface area contributed by atoms with Gasteiger partial charge in [0.2, 0.25) is 5.91 Å². The Balaban J connectivity index is 3.68. The number of unbranched alkanes of at least 4 members (excludes halogenated alkanes) is 15. The molecule has 0 bridgehead atoms. The summed E-state index contributed by atoms with van der Waals surface area (Å²) in [5.41, 5.74) is 0. The summed E-state index contributed by atoms with van der Waals surface area (Å²) in [4.78, 5) is 33.8. The van der Waals surface area contributed by atoms with Crippen LogP contribution in [0.5, 0.6) is 0 Å². The van der Waals surface area contributed by atoms with Crippen molar-refractivity contribution in [2.75, 3.05) is 26.4 Å². The van der Waals surface area contributed by atoms with Gasteiger partial charge in [0.1, 0.15) is 12.7 Å². The second-order valence-corrected chi connectivity index (χ2v) is 14.3. The average molecular weight is 726 g/mol. The maximum absolute atomic E-state index is 12.1. The maximum atomic E-state index is 12.1. The third-order valence-corrected chi connectivity index (χ3v) is 9.01. The Hall–Kier alpha value is -2.03. The van der Waals surface area contributed by atoms with Crippen LogP contribution in [-0.2, 0) is 27.9 Å². The summed E-state index contributed by atoms with van der Waals surface area (Å²) in [6.45, 7) is 3.38. The van der Waals surface area contributed by atoms with E-state index in [2.05, 4.69) is 67.8 Å². The molecule has 0 spiro atoms. The molecule has 290 valence electrons. The molecule has 0 saturated carbocycles. The van der Waals surface area contributed by atoms with Gasteiger partial charge in [-0.25, -0.2) is 4.57 Å². The van der Waals surface area contributed by atoms with Gasteiger partial charge in [-0.15, -0.1) is 0 Å². The lowest BCUT2D eigenvalue weighted by Gasteiger charge is -2.15. The summed E-state index contributed by atoms with van der Waals surface area (Å²) in [6.07, 6.45) is 40.4. The van der Waals surface area contributed by atoms with E-state index in [1.54, 1.807) is 0 Å². The van der Waals surface area contributed by atoms with Crippen molar-refractivity contribution in [1.29, 1.82) is 0 Å². The quantitative estimate of drug-likeness (QED) is 0.0252. The van der Waals surface area contributed by atoms with E-state index in [1.165, 1.54) is 70.6 Å². The first-order chi connectivity index (χ1) is 24.3. The Morgan fingerprint density at radius 1 is 0.640 bits per heavy atom. The van der Waals surface area contributed by atoms with Gasteiger partial charge in [0, 0.05) is 19.4 Å². The van der Waals surface area contributed by atoms with E-state index in [1.807, 2.05) is 0 Å². The predicted octanol–water partition coefficient (Wildman–Crippen LogP) is 10.4. The van der Waals surface area contributed by atoms with Gasteiger partial charge in [0.25, 0.3) is 0 Å².